The molecular formula is C48H62ClFN6O5. The number of rotatable bonds is 11. The highest BCUT2D eigenvalue weighted by atomic mass is 35.5. The van der Waals surface area contributed by atoms with Crippen molar-refractivity contribution < 1.29 is 28.2 Å². The zero-order chi connectivity index (χ0) is 43.8. The fourth-order valence-corrected chi connectivity index (χ4v) is 9.28. The van der Waals surface area contributed by atoms with Crippen LogP contribution in [0.4, 0.5) is 9.18 Å². The Balaban J connectivity index is 1.16. The molecule has 2 aliphatic rings. The van der Waals surface area contributed by atoms with E-state index in [0.717, 1.165) is 95.3 Å². The zero-order valence-corrected chi connectivity index (χ0v) is 38.1. The van der Waals surface area contributed by atoms with Gasteiger partial charge in [-0.05, 0) is 135 Å². The number of hydrogen-bond acceptors (Lipinski definition) is 8. The van der Waals surface area contributed by atoms with Gasteiger partial charge in [0.1, 0.15) is 28.5 Å². The van der Waals surface area contributed by atoms with Crippen LogP contribution in [0.3, 0.4) is 0 Å². The first-order valence-electron chi connectivity index (χ1n) is 21.7. The number of aryl methyl sites for hydroxylation is 3. The summed E-state index contributed by atoms with van der Waals surface area (Å²) in [6.07, 6.45) is 2.99. The first-order chi connectivity index (χ1) is 28.9. The molecule has 0 N–H and O–H groups in total. The highest BCUT2D eigenvalue weighted by molar-refractivity contribution is 6.35. The first kappa shape index (κ1) is 44.4. The van der Waals surface area contributed by atoms with Gasteiger partial charge in [0.15, 0.2) is 0 Å². The molecule has 7 rings (SSSR count). The summed E-state index contributed by atoms with van der Waals surface area (Å²) in [5.74, 6) is 0.0284. The van der Waals surface area contributed by atoms with E-state index in [1.54, 1.807) is 6.07 Å². The number of carbonyl (C=O) groups is 2. The molecule has 4 heterocycles. The average Bonchev–Trinajstić information content (AvgIpc) is 3.64. The Kier molecular flexibility index (Phi) is 13.1. The molecule has 3 aromatic carbocycles. The molecule has 0 aliphatic carbocycles. The third-order valence-electron chi connectivity index (χ3n) is 11.9. The molecule has 61 heavy (non-hydrogen) atoms. The third-order valence-corrected chi connectivity index (χ3v) is 12.3. The van der Waals surface area contributed by atoms with Crippen LogP contribution in [-0.4, -0.2) is 111 Å². The molecule has 5 aromatic rings. The van der Waals surface area contributed by atoms with E-state index < -0.39 is 11.2 Å². The highest BCUT2D eigenvalue weighted by Crippen LogP contribution is 2.42. The topological polar surface area (TPSA) is 94.3 Å². The largest absolute Gasteiger partial charge is 0.493 e. The van der Waals surface area contributed by atoms with E-state index in [1.165, 1.54) is 12.1 Å². The molecule has 11 nitrogen and oxygen atoms in total. The smallest absolute Gasteiger partial charge is 0.410 e. The van der Waals surface area contributed by atoms with Crippen molar-refractivity contribution in [2.24, 2.45) is 7.05 Å². The molecule has 2 aliphatic heterocycles. The molecule has 2 fully saturated rings. The number of esters is 1. The van der Waals surface area contributed by atoms with E-state index >= 15 is 0 Å². The zero-order valence-electron chi connectivity index (χ0n) is 37.4. The second-order valence-electron chi connectivity index (χ2n) is 18.6. The second kappa shape index (κ2) is 18.0. The molecule has 0 radical (unpaired) electrons. The van der Waals surface area contributed by atoms with E-state index in [1.807, 2.05) is 102 Å². The minimum Gasteiger partial charge on any atom is -0.493 e. The molecule has 2 saturated heterocycles. The van der Waals surface area contributed by atoms with Crippen LogP contribution in [0.25, 0.3) is 32.8 Å². The van der Waals surface area contributed by atoms with Gasteiger partial charge in [0.2, 0.25) is 0 Å². The summed E-state index contributed by atoms with van der Waals surface area (Å²) in [6.45, 7) is 22.0. The number of amides is 1. The molecule has 0 atom stereocenters. The Morgan fingerprint density at radius 2 is 1.54 bits per heavy atom. The number of ether oxygens (including phenoxy) is 3. The van der Waals surface area contributed by atoms with Gasteiger partial charge in [-0.3, -0.25) is 9.58 Å². The maximum absolute atomic E-state index is 14.6. The number of halogens is 2. The molecule has 0 unspecified atom stereocenters. The van der Waals surface area contributed by atoms with Crippen molar-refractivity contribution in [1.82, 2.24) is 29.0 Å². The van der Waals surface area contributed by atoms with Crippen molar-refractivity contribution in [1.29, 1.82) is 0 Å². The molecule has 1 amide bonds. The van der Waals surface area contributed by atoms with Crippen LogP contribution < -0.4 is 4.74 Å². The predicted molar refractivity (Wildman–Crippen MR) is 240 cm³/mol. The van der Waals surface area contributed by atoms with Crippen molar-refractivity contribution in [2.75, 3.05) is 52.4 Å². The summed E-state index contributed by atoms with van der Waals surface area (Å²) in [5.41, 5.74) is 4.77. The maximum Gasteiger partial charge on any atom is 0.410 e. The fraction of sp³-hybridized carbons (Fsp3) is 0.521. The first-order valence-corrected chi connectivity index (χ1v) is 22.1. The lowest BCUT2D eigenvalue weighted by Crippen LogP contribution is -2.55. The number of piperazine rings is 1. The Morgan fingerprint density at radius 3 is 2.20 bits per heavy atom. The van der Waals surface area contributed by atoms with Gasteiger partial charge >= 0.3 is 12.1 Å². The van der Waals surface area contributed by atoms with Crippen LogP contribution in [0.2, 0.25) is 5.02 Å². The lowest BCUT2D eigenvalue weighted by molar-refractivity contribution is 0.00403. The van der Waals surface area contributed by atoms with Crippen LogP contribution in [-0.2, 0) is 29.5 Å². The molecule has 328 valence electrons. The highest BCUT2D eigenvalue weighted by Gasteiger charge is 2.33. The van der Waals surface area contributed by atoms with Crippen molar-refractivity contribution in [3.63, 3.8) is 0 Å². The van der Waals surface area contributed by atoms with Gasteiger partial charge in [0.05, 0.1) is 22.8 Å². The lowest BCUT2D eigenvalue weighted by atomic mass is 9.98. The monoisotopic (exact) mass is 856 g/mol. The molecular weight excluding hydrogens is 795 g/mol. The summed E-state index contributed by atoms with van der Waals surface area (Å²) in [6, 6.07) is 14.8. The summed E-state index contributed by atoms with van der Waals surface area (Å²) in [7, 11) is 1.94. The molecule has 0 bridgehead atoms. The number of hydrogen-bond donors (Lipinski definition) is 0. The van der Waals surface area contributed by atoms with Gasteiger partial charge < -0.3 is 28.6 Å². The van der Waals surface area contributed by atoms with Crippen LogP contribution in [0.1, 0.15) is 88.2 Å². The minimum absolute atomic E-state index is 0.236. The van der Waals surface area contributed by atoms with Gasteiger partial charge in [-0.15, -0.1) is 0 Å². The van der Waals surface area contributed by atoms with E-state index in [9.17, 15) is 14.0 Å². The SMILES string of the molecule is Cc1nn(C)c(C)c1-c1c(Cl)ccc2c(CCCOc3cccc4cc(F)ccc34)c(C(=O)OC(C)(C)C)n(CCN3CCC(N4CCN(C(=O)OC(C)(C)C)CC4)CC3)c12. The number of nitrogens with zero attached hydrogens (tertiary/aromatic N) is 6. The van der Waals surface area contributed by atoms with Gasteiger partial charge in [-0.25, -0.2) is 14.0 Å². The van der Waals surface area contributed by atoms with Crippen molar-refractivity contribution in [3.05, 3.63) is 82.0 Å². The standard InChI is InChI=1S/C48H62ClFN6O5/c1-31-41(32(2)52(9)51-31)42-39(49)18-17-38-37(13-11-29-59-40-14-10-12-33-30-34(50)15-16-36(33)40)44(45(57)60-47(3,4)5)56(43(38)42)28-23-53-21-19-35(20-22-53)54-24-26-55(27-25-54)46(58)61-48(6,7)8/h10,12,14-18,30,35H,11,13,19-29H2,1-9H3. The van der Waals surface area contributed by atoms with E-state index in [-0.39, 0.29) is 17.9 Å². The number of aromatic nitrogens is 3. The third kappa shape index (κ3) is 10.0. The Labute approximate surface area is 364 Å². The van der Waals surface area contributed by atoms with Crippen molar-refractivity contribution >= 4 is 45.3 Å². The van der Waals surface area contributed by atoms with E-state index in [2.05, 4.69) is 14.4 Å². The summed E-state index contributed by atoms with van der Waals surface area (Å²) in [5, 5.41) is 7.94. The molecule has 13 heteroatoms. The van der Waals surface area contributed by atoms with Crippen LogP contribution in [0.15, 0.2) is 48.5 Å². The van der Waals surface area contributed by atoms with Gasteiger partial charge in [-0.2, -0.15) is 5.10 Å². The normalized spacial score (nSPS) is 16.1. The molecule has 0 saturated carbocycles. The van der Waals surface area contributed by atoms with Crippen molar-refractivity contribution in [2.45, 2.75) is 105 Å². The van der Waals surface area contributed by atoms with E-state index in [0.29, 0.717) is 61.6 Å². The van der Waals surface area contributed by atoms with Gasteiger partial charge in [0, 0.05) is 80.0 Å². The van der Waals surface area contributed by atoms with E-state index in [4.69, 9.17) is 30.9 Å². The number of likely N-dealkylation sites (tertiary alicyclic amines) is 1. The predicted octanol–water partition coefficient (Wildman–Crippen LogP) is 9.59. The second-order valence-corrected chi connectivity index (χ2v) is 19.0. The van der Waals surface area contributed by atoms with Crippen molar-refractivity contribution in [3.8, 4) is 16.9 Å². The number of piperidine rings is 1. The number of fused-ring (bicyclic) bond motifs is 2. The summed E-state index contributed by atoms with van der Waals surface area (Å²) >= 11 is 7.20. The van der Waals surface area contributed by atoms with Crippen LogP contribution in [0.5, 0.6) is 5.75 Å². The van der Waals surface area contributed by atoms with Crippen LogP contribution in [0, 0.1) is 19.7 Å². The Morgan fingerprint density at radius 1 is 0.852 bits per heavy atom. The molecule has 0 spiro atoms. The lowest BCUT2D eigenvalue weighted by Gasteiger charge is -2.42. The molecule has 2 aromatic heterocycles. The average molecular weight is 858 g/mol. The van der Waals surface area contributed by atoms with Gasteiger partial charge in [0.25, 0.3) is 0 Å². The number of benzene rings is 3. The fourth-order valence-electron chi connectivity index (χ4n) is 9.03. The minimum atomic E-state index is -0.718. The van der Waals surface area contributed by atoms with Crippen LogP contribution >= 0.6 is 11.6 Å². The maximum atomic E-state index is 14.6. The Hall–Kier alpha value is -4.65. The quantitative estimate of drug-likeness (QED) is 0.0959. The summed E-state index contributed by atoms with van der Waals surface area (Å²) in [4.78, 5) is 34.1. The Bertz CT molecular complexity index is 2400. The number of carbonyl (C=O) groups excluding carboxylic acids is 2. The van der Waals surface area contributed by atoms with Gasteiger partial charge in [-0.1, -0.05) is 29.8 Å². The summed E-state index contributed by atoms with van der Waals surface area (Å²) < 4.78 is 36.2.